The summed E-state index contributed by atoms with van der Waals surface area (Å²) in [5, 5.41) is 0. The van der Waals surface area contributed by atoms with Gasteiger partial charge in [-0.25, -0.2) is 24.9 Å². The van der Waals surface area contributed by atoms with E-state index in [-0.39, 0.29) is 0 Å². The van der Waals surface area contributed by atoms with Crippen LogP contribution in [-0.2, 0) is 19.6 Å². The van der Waals surface area contributed by atoms with Gasteiger partial charge >= 0.3 is 0 Å². The van der Waals surface area contributed by atoms with Gasteiger partial charge in [0.15, 0.2) is 20.2 Å². The highest BCUT2D eigenvalue weighted by Gasteiger charge is 2.20. The second-order valence-corrected chi connectivity index (χ2v) is 10.9. The quantitative estimate of drug-likeness (QED) is 0.244. The molecule has 6 aromatic rings. The fourth-order valence-electron chi connectivity index (χ4n) is 5.29. The average molecular weight is 640 g/mol. The molecule has 0 fully saturated rings. The number of ether oxygens (including phenoxy) is 3. The maximum Gasteiger partial charge on any atom is 0.228 e. The van der Waals surface area contributed by atoms with Crippen molar-refractivity contribution >= 4 is 17.3 Å². The molecule has 0 bridgehead atoms. The average Bonchev–Trinajstić information content (AvgIpc) is 3.19. The molecule has 0 saturated carbocycles. The van der Waals surface area contributed by atoms with Crippen LogP contribution in [-0.4, -0.2) is 50.1 Å². The fraction of sp³-hybridized carbons (Fsp3) is 0.167. The molecule has 240 valence electrons. The van der Waals surface area contributed by atoms with Gasteiger partial charge in [0.2, 0.25) is 23.6 Å². The maximum atomic E-state index is 5.61. The second-order valence-electron chi connectivity index (χ2n) is 10.9. The van der Waals surface area contributed by atoms with Crippen LogP contribution < -0.4 is 28.9 Å². The van der Waals surface area contributed by atoms with Crippen LogP contribution in [0.25, 0.3) is 0 Å². The first-order valence-electron chi connectivity index (χ1n) is 15.5. The van der Waals surface area contributed by atoms with Gasteiger partial charge in [-0.1, -0.05) is 36.4 Å². The molecule has 0 saturated heterocycles. The van der Waals surface area contributed by atoms with Crippen molar-refractivity contribution in [1.82, 2.24) is 29.9 Å². The molecule has 0 aliphatic carbocycles. The lowest BCUT2D eigenvalue weighted by Gasteiger charge is -2.29. The molecule has 0 spiro atoms. The third kappa shape index (κ3) is 7.39. The van der Waals surface area contributed by atoms with E-state index in [4.69, 9.17) is 14.2 Å². The molecule has 0 amide bonds. The number of anilines is 3. The second kappa shape index (κ2) is 14.9. The molecule has 0 N–H and O–H groups in total. The Morgan fingerprint density at radius 2 is 0.875 bits per heavy atom. The van der Waals surface area contributed by atoms with E-state index in [9.17, 15) is 0 Å². The number of nitrogens with zero attached hydrogens (tertiary/aromatic N) is 9. The summed E-state index contributed by atoms with van der Waals surface area (Å²) >= 11 is 0. The molecule has 3 aliphatic heterocycles. The first-order valence-corrected chi connectivity index (χ1v) is 15.5. The van der Waals surface area contributed by atoms with Crippen LogP contribution in [0, 0.1) is 0 Å². The van der Waals surface area contributed by atoms with Gasteiger partial charge in [-0.2, -0.15) is 0 Å². The van der Waals surface area contributed by atoms with E-state index in [1.165, 1.54) is 5.69 Å². The van der Waals surface area contributed by atoms with E-state index in [1.54, 1.807) is 43.2 Å². The minimum atomic E-state index is 0.439. The van der Waals surface area contributed by atoms with Crippen molar-refractivity contribution in [2.75, 3.05) is 34.9 Å². The van der Waals surface area contributed by atoms with Crippen LogP contribution in [0.4, 0.5) is 17.3 Å². The van der Waals surface area contributed by atoms with Crippen LogP contribution in [0.5, 0.6) is 17.6 Å². The summed E-state index contributed by atoms with van der Waals surface area (Å²) in [5.41, 5.74) is 5.55. The zero-order valence-electron chi connectivity index (χ0n) is 26.1. The first kappa shape index (κ1) is 30.4. The van der Waals surface area contributed by atoms with Crippen molar-refractivity contribution < 1.29 is 14.2 Å². The minimum Gasteiger partial charge on any atom is -0.456 e. The lowest BCUT2D eigenvalue weighted by atomic mass is 10.2. The van der Waals surface area contributed by atoms with Crippen molar-refractivity contribution in [2.24, 2.45) is 0 Å². The Balaban J connectivity index is 0.000000114. The number of pyridine rings is 4. The molecular weight excluding hydrogens is 606 g/mol. The van der Waals surface area contributed by atoms with Crippen LogP contribution in [0.3, 0.4) is 0 Å². The van der Waals surface area contributed by atoms with Crippen LogP contribution >= 0.6 is 0 Å². The SMILES string of the molecule is c1ccc(N2COc3ncccc3C2)cc1.c1cnc(N2COc3ncccc3C2)nc1.c1cncc(N2COc3ncccc3C2)c1. The van der Waals surface area contributed by atoms with E-state index in [0.717, 1.165) is 53.8 Å². The zero-order chi connectivity index (χ0) is 32.4. The molecule has 8 heterocycles. The van der Waals surface area contributed by atoms with Crippen LogP contribution in [0.2, 0.25) is 0 Å². The van der Waals surface area contributed by atoms with Gasteiger partial charge in [-0.15, -0.1) is 0 Å². The zero-order valence-corrected chi connectivity index (χ0v) is 26.1. The number of para-hydroxylation sites is 1. The molecule has 1 aromatic carbocycles. The summed E-state index contributed by atoms with van der Waals surface area (Å²) in [7, 11) is 0. The predicted molar refractivity (Wildman–Crippen MR) is 180 cm³/mol. The Kier molecular flexibility index (Phi) is 9.40. The highest BCUT2D eigenvalue weighted by molar-refractivity contribution is 5.49. The summed E-state index contributed by atoms with van der Waals surface area (Å²) < 4.78 is 16.7. The Morgan fingerprint density at radius 1 is 0.417 bits per heavy atom. The molecule has 12 heteroatoms. The topological polar surface area (TPSA) is 115 Å². The summed E-state index contributed by atoms with van der Waals surface area (Å²) in [5.74, 6) is 2.88. The van der Waals surface area contributed by atoms with Crippen molar-refractivity contribution in [2.45, 2.75) is 19.6 Å². The first-order chi connectivity index (χ1) is 23.8. The molecule has 9 rings (SSSR count). The van der Waals surface area contributed by atoms with Gasteiger partial charge < -0.3 is 28.9 Å². The number of hydrogen-bond acceptors (Lipinski definition) is 12. The maximum absolute atomic E-state index is 5.61. The normalized spacial score (nSPS) is 14.1. The van der Waals surface area contributed by atoms with E-state index < -0.39 is 0 Å². The molecule has 0 radical (unpaired) electrons. The largest absolute Gasteiger partial charge is 0.456 e. The van der Waals surface area contributed by atoms with E-state index in [1.807, 2.05) is 71.8 Å². The highest BCUT2D eigenvalue weighted by atomic mass is 16.5. The van der Waals surface area contributed by atoms with Gasteiger partial charge in [0, 0.05) is 59.6 Å². The molecule has 12 nitrogen and oxygen atoms in total. The third-order valence-corrected chi connectivity index (χ3v) is 7.67. The monoisotopic (exact) mass is 639 g/mol. The Labute approximate surface area is 278 Å². The van der Waals surface area contributed by atoms with Crippen molar-refractivity contribution in [3.63, 3.8) is 0 Å². The molecular formula is C36H33N9O3. The Hall–Kier alpha value is -6.30. The minimum absolute atomic E-state index is 0.439. The lowest BCUT2D eigenvalue weighted by Crippen LogP contribution is -2.33. The van der Waals surface area contributed by atoms with E-state index >= 15 is 0 Å². The van der Waals surface area contributed by atoms with Gasteiger partial charge in [-0.05, 0) is 48.5 Å². The van der Waals surface area contributed by atoms with Gasteiger partial charge in [0.05, 0.1) is 31.5 Å². The fourth-order valence-corrected chi connectivity index (χ4v) is 5.29. The molecule has 48 heavy (non-hydrogen) atoms. The van der Waals surface area contributed by atoms with Crippen molar-refractivity contribution in [3.05, 3.63) is 145 Å². The Bertz CT molecular complexity index is 1680. The number of hydrogen-bond donors (Lipinski definition) is 0. The van der Waals surface area contributed by atoms with E-state index in [0.29, 0.717) is 32.0 Å². The summed E-state index contributed by atoms with van der Waals surface area (Å²) in [6.07, 6.45) is 12.3. The molecule has 0 atom stereocenters. The standard InChI is InChI=1S/C13H12N2O.C12H11N3O.C11H10N4O/c1-2-6-12(7-3-1)15-9-11-5-4-8-14-13(11)16-10-15;1-3-10-8-15(9-16-12(10)14-6-1)11-4-2-5-13-7-11;1-3-9-7-15(8-16-10(9)12-4-1)11-13-5-2-6-14-11/h1-8H,9-10H2;1-7H,8-9H2;1-6H,7-8H2. The van der Waals surface area contributed by atoms with E-state index in [2.05, 4.69) is 57.9 Å². The molecule has 3 aliphatic rings. The predicted octanol–water partition coefficient (Wildman–Crippen LogP) is 5.50. The smallest absolute Gasteiger partial charge is 0.228 e. The number of aromatic nitrogens is 6. The third-order valence-electron chi connectivity index (χ3n) is 7.67. The number of rotatable bonds is 3. The lowest BCUT2D eigenvalue weighted by molar-refractivity contribution is 0.275. The van der Waals surface area contributed by atoms with Gasteiger partial charge in [-0.3, -0.25) is 4.98 Å². The van der Waals surface area contributed by atoms with Gasteiger partial charge in [0.25, 0.3) is 0 Å². The van der Waals surface area contributed by atoms with Crippen LogP contribution in [0.15, 0.2) is 128 Å². The molecule has 5 aromatic heterocycles. The summed E-state index contributed by atoms with van der Waals surface area (Å²) in [6.45, 7) is 3.92. The van der Waals surface area contributed by atoms with Gasteiger partial charge in [0.1, 0.15) is 0 Å². The molecule has 0 unspecified atom stereocenters. The number of benzene rings is 1. The summed E-state index contributed by atoms with van der Waals surface area (Å²) in [4.78, 5) is 31.3. The van der Waals surface area contributed by atoms with Crippen molar-refractivity contribution in [1.29, 1.82) is 0 Å². The Morgan fingerprint density at radius 3 is 1.42 bits per heavy atom. The van der Waals surface area contributed by atoms with Crippen LogP contribution in [0.1, 0.15) is 16.7 Å². The summed E-state index contributed by atoms with van der Waals surface area (Å²) in [6, 6.07) is 27.9. The highest BCUT2D eigenvalue weighted by Crippen LogP contribution is 2.27. The van der Waals surface area contributed by atoms with Crippen molar-refractivity contribution in [3.8, 4) is 17.6 Å². The number of fused-ring (bicyclic) bond motifs is 3.